The molecule has 0 radical (unpaired) electrons. The van der Waals surface area contributed by atoms with Crippen LogP contribution in [0.25, 0.3) is 17.2 Å². The summed E-state index contributed by atoms with van der Waals surface area (Å²) in [5.41, 5.74) is 5.40. The van der Waals surface area contributed by atoms with E-state index in [0.717, 1.165) is 27.8 Å². The summed E-state index contributed by atoms with van der Waals surface area (Å²) in [6, 6.07) is 24.1. The number of rotatable bonds is 11. The fourth-order valence-corrected chi connectivity index (χ4v) is 5.56. The lowest BCUT2D eigenvalue weighted by molar-refractivity contribution is -0.117. The third-order valence-corrected chi connectivity index (χ3v) is 8.35. The highest BCUT2D eigenvalue weighted by atomic mass is 35.5. The molecule has 4 aromatic carbocycles. The lowest BCUT2D eigenvalue weighted by Gasteiger charge is -2.19. The summed E-state index contributed by atoms with van der Waals surface area (Å²) in [5.74, 6) is -2.58. The Balaban J connectivity index is 1.60. The molecule has 47 heavy (non-hydrogen) atoms. The molecule has 0 fully saturated rings. The van der Waals surface area contributed by atoms with Gasteiger partial charge >= 0.3 is 0 Å². The van der Waals surface area contributed by atoms with E-state index in [0.29, 0.717) is 21.8 Å². The predicted octanol–water partition coefficient (Wildman–Crippen LogP) is 8.10. The molecule has 0 aliphatic rings. The zero-order valence-electron chi connectivity index (χ0n) is 26.7. The average Bonchev–Trinajstić information content (AvgIpc) is 2.98. The van der Waals surface area contributed by atoms with E-state index >= 15 is 0 Å². The first-order valence-corrected chi connectivity index (χ1v) is 17.0. The number of carbonyl (C=O) groups is 2. The maximum absolute atomic E-state index is 14.8. The van der Waals surface area contributed by atoms with Crippen LogP contribution in [0.5, 0.6) is 0 Å². The second-order valence-corrected chi connectivity index (χ2v) is 14.5. The summed E-state index contributed by atoms with van der Waals surface area (Å²) < 4.78 is 45.6. The fourth-order valence-electron chi connectivity index (χ4n) is 4.97. The van der Waals surface area contributed by atoms with E-state index in [1.807, 2.05) is 43.3 Å². The molecular weight excluding hydrogens is 639 g/mol. The average molecular weight is 677 g/mol. The Morgan fingerprint density at radius 1 is 0.957 bits per heavy atom. The molecule has 1 atom stereocenters. The Kier molecular flexibility index (Phi) is 11.4. The number of hydrogen-bond acceptors (Lipinski definition) is 4. The smallest absolute Gasteiger partial charge is 0.266 e. The van der Waals surface area contributed by atoms with Gasteiger partial charge in [-0.1, -0.05) is 87.0 Å². The minimum absolute atomic E-state index is 0.00898. The number of carbonyl (C=O) groups excluding carboxylic acids is 2. The minimum Gasteiger partial charge on any atom is -0.351 e. The third-order valence-electron chi connectivity index (χ3n) is 7.40. The topological polar surface area (TPSA) is 113 Å². The van der Waals surface area contributed by atoms with Gasteiger partial charge in [0.2, 0.25) is 5.91 Å². The Morgan fingerprint density at radius 2 is 1.64 bits per heavy atom. The molecule has 0 aromatic heterocycles. The summed E-state index contributed by atoms with van der Waals surface area (Å²) in [5, 5.41) is 5.94. The molecule has 10 heteroatoms. The molecule has 7 nitrogen and oxygen atoms in total. The summed E-state index contributed by atoms with van der Waals surface area (Å²) in [4.78, 5) is 26.4. The number of benzene rings is 4. The van der Waals surface area contributed by atoms with Gasteiger partial charge in [-0.3, -0.25) is 14.1 Å². The molecule has 4 aromatic rings. The molecule has 0 spiro atoms. The molecule has 3 N–H and O–H groups in total. The van der Waals surface area contributed by atoms with Crippen LogP contribution < -0.4 is 10.6 Å². The van der Waals surface area contributed by atoms with Gasteiger partial charge in [-0.2, -0.15) is 8.42 Å². The van der Waals surface area contributed by atoms with Crippen LogP contribution in [0.2, 0.25) is 5.02 Å². The van der Waals surface area contributed by atoms with E-state index in [2.05, 4.69) is 37.5 Å². The van der Waals surface area contributed by atoms with E-state index in [9.17, 15) is 22.4 Å². The Morgan fingerprint density at radius 3 is 2.26 bits per heavy atom. The molecule has 1 unspecified atom stereocenters. The SMILES string of the molecule is Cc1cc(Cl)ccc1-c1cc(F)cc(NC(=O)C(Cc2ccc(C(=O)NCCS(=O)(=O)O)cc2)c2ccc(/C=C/C(C)(C)C)cc2)c1. The van der Waals surface area contributed by atoms with Crippen molar-refractivity contribution in [2.24, 2.45) is 5.41 Å². The van der Waals surface area contributed by atoms with Crippen molar-refractivity contribution in [1.82, 2.24) is 5.32 Å². The number of amides is 2. The predicted molar refractivity (Wildman–Crippen MR) is 187 cm³/mol. The largest absolute Gasteiger partial charge is 0.351 e. The van der Waals surface area contributed by atoms with Crippen molar-refractivity contribution < 1.29 is 27.0 Å². The minimum atomic E-state index is -4.20. The van der Waals surface area contributed by atoms with Crippen molar-refractivity contribution in [3.8, 4) is 11.1 Å². The van der Waals surface area contributed by atoms with Crippen LogP contribution in [0.15, 0.2) is 91.0 Å². The van der Waals surface area contributed by atoms with E-state index in [1.165, 1.54) is 12.1 Å². The maximum Gasteiger partial charge on any atom is 0.266 e. The van der Waals surface area contributed by atoms with Crippen LogP contribution in [-0.2, 0) is 21.3 Å². The lowest BCUT2D eigenvalue weighted by Crippen LogP contribution is -2.28. The molecular formula is C37H38ClFN2O5S. The Hall–Kier alpha value is -4.31. The highest BCUT2D eigenvalue weighted by molar-refractivity contribution is 7.85. The first kappa shape index (κ1) is 35.5. The Bertz CT molecular complexity index is 1880. The van der Waals surface area contributed by atoms with Gasteiger partial charge < -0.3 is 10.6 Å². The van der Waals surface area contributed by atoms with Crippen molar-refractivity contribution in [2.45, 2.75) is 40.0 Å². The maximum atomic E-state index is 14.8. The quantitative estimate of drug-likeness (QED) is 0.139. The van der Waals surface area contributed by atoms with E-state index in [-0.39, 0.29) is 24.3 Å². The third kappa shape index (κ3) is 10.9. The lowest BCUT2D eigenvalue weighted by atomic mass is 9.89. The number of nitrogens with one attached hydrogen (secondary N) is 2. The van der Waals surface area contributed by atoms with Crippen LogP contribution in [-0.4, -0.2) is 37.1 Å². The molecule has 0 saturated heterocycles. The van der Waals surface area contributed by atoms with Gasteiger partial charge in [0.25, 0.3) is 16.0 Å². The molecule has 246 valence electrons. The van der Waals surface area contributed by atoms with Crippen LogP contribution in [0.1, 0.15) is 59.3 Å². The van der Waals surface area contributed by atoms with Crippen LogP contribution in [0.4, 0.5) is 10.1 Å². The highest BCUT2D eigenvalue weighted by Gasteiger charge is 2.23. The molecule has 0 aliphatic carbocycles. The molecule has 0 aliphatic heterocycles. The van der Waals surface area contributed by atoms with Gasteiger partial charge in [0.15, 0.2) is 0 Å². The van der Waals surface area contributed by atoms with E-state index in [1.54, 1.807) is 42.5 Å². The van der Waals surface area contributed by atoms with Gasteiger partial charge in [-0.25, -0.2) is 4.39 Å². The van der Waals surface area contributed by atoms with Crippen molar-refractivity contribution in [1.29, 1.82) is 0 Å². The summed E-state index contributed by atoms with van der Waals surface area (Å²) in [6.07, 6.45) is 4.42. The number of anilines is 1. The molecule has 0 heterocycles. The monoisotopic (exact) mass is 676 g/mol. The number of hydrogen-bond donors (Lipinski definition) is 3. The van der Waals surface area contributed by atoms with Crippen molar-refractivity contribution in [3.05, 3.63) is 130 Å². The summed E-state index contributed by atoms with van der Waals surface area (Å²) >= 11 is 6.12. The Labute approximate surface area is 280 Å². The van der Waals surface area contributed by atoms with E-state index < -0.39 is 33.5 Å². The summed E-state index contributed by atoms with van der Waals surface area (Å²) in [7, 11) is -4.20. The molecule has 0 saturated carbocycles. The molecule has 2 amide bonds. The molecule has 4 rings (SSSR count). The summed E-state index contributed by atoms with van der Waals surface area (Å²) in [6.45, 7) is 7.98. The molecule has 0 bridgehead atoms. The van der Waals surface area contributed by atoms with Crippen LogP contribution in [0.3, 0.4) is 0 Å². The number of halogens is 2. The van der Waals surface area contributed by atoms with E-state index in [4.69, 9.17) is 16.2 Å². The normalized spacial score (nSPS) is 12.6. The van der Waals surface area contributed by atoms with Gasteiger partial charge in [0.1, 0.15) is 5.82 Å². The van der Waals surface area contributed by atoms with Gasteiger partial charge in [-0.15, -0.1) is 0 Å². The van der Waals surface area contributed by atoms with Crippen molar-refractivity contribution in [3.63, 3.8) is 0 Å². The van der Waals surface area contributed by atoms with Gasteiger partial charge in [-0.05, 0) is 94.6 Å². The second-order valence-electron chi connectivity index (χ2n) is 12.5. The number of allylic oxidation sites excluding steroid dienone is 1. The second kappa shape index (κ2) is 15.1. The standard InChI is InChI=1S/C37H38ClFN2O5S/c1-24-19-30(38)13-14-33(24)29-21-31(39)23-32(22-29)41-36(43)34(27-9-5-25(6-10-27)15-16-37(2,3)4)20-26-7-11-28(12-8-26)35(42)40-17-18-47(44,45)46/h5-16,19,21-23,34H,17-18,20H2,1-4H3,(H,40,42)(H,41,43)(H,44,45,46)/b16-15+. The first-order chi connectivity index (χ1) is 22.1. The first-order valence-electron chi connectivity index (χ1n) is 15.1. The highest BCUT2D eigenvalue weighted by Crippen LogP contribution is 2.31. The van der Waals surface area contributed by atoms with Gasteiger partial charge in [0, 0.05) is 22.8 Å². The van der Waals surface area contributed by atoms with Crippen LogP contribution in [0, 0.1) is 18.2 Å². The fraction of sp³-hybridized carbons (Fsp3) is 0.243. The van der Waals surface area contributed by atoms with Gasteiger partial charge in [0.05, 0.1) is 11.7 Å². The zero-order chi connectivity index (χ0) is 34.4. The number of aryl methyl sites for hydroxylation is 1. The van der Waals surface area contributed by atoms with Crippen LogP contribution >= 0.6 is 11.6 Å². The van der Waals surface area contributed by atoms with Crippen molar-refractivity contribution >= 4 is 45.3 Å². The van der Waals surface area contributed by atoms with Crippen molar-refractivity contribution in [2.75, 3.05) is 17.6 Å². The zero-order valence-corrected chi connectivity index (χ0v) is 28.3.